The van der Waals surface area contributed by atoms with Gasteiger partial charge >= 0.3 is 0 Å². The molecule has 2 aromatic rings. The standard InChI is InChI=1S/C22H30N2O2/c1-16(2)26-20-12-10-18(11-13-20)23-15-14-21(25)24-19-8-6-17(7-9-19)22(3,4)5/h6-13,16,23H,14-15H2,1-5H3,(H,24,25). The highest BCUT2D eigenvalue weighted by Gasteiger charge is 2.13. The van der Waals surface area contributed by atoms with Crippen LogP contribution in [-0.4, -0.2) is 18.6 Å². The average Bonchev–Trinajstić information content (AvgIpc) is 2.55. The molecule has 26 heavy (non-hydrogen) atoms. The van der Waals surface area contributed by atoms with Gasteiger partial charge in [0.25, 0.3) is 0 Å². The van der Waals surface area contributed by atoms with Crippen LogP contribution in [0.5, 0.6) is 5.75 Å². The number of amides is 1. The number of benzene rings is 2. The second-order valence-corrected chi connectivity index (χ2v) is 7.74. The fourth-order valence-electron chi connectivity index (χ4n) is 2.52. The van der Waals surface area contributed by atoms with E-state index in [1.807, 2.05) is 50.2 Å². The van der Waals surface area contributed by atoms with Gasteiger partial charge in [-0.3, -0.25) is 4.79 Å². The zero-order chi connectivity index (χ0) is 19.2. The van der Waals surface area contributed by atoms with Crippen LogP contribution < -0.4 is 15.4 Å². The first-order valence-electron chi connectivity index (χ1n) is 9.15. The number of ether oxygens (including phenoxy) is 1. The van der Waals surface area contributed by atoms with Crippen LogP contribution in [0.3, 0.4) is 0 Å². The topological polar surface area (TPSA) is 50.4 Å². The molecule has 0 aliphatic rings. The van der Waals surface area contributed by atoms with E-state index in [9.17, 15) is 4.79 Å². The molecule has 0 fully saturated rings. The molecule has 4 nitrogen and oxygen atoms in total. The van der Waals surface area contributed by atoms with Crippen LogP contribution in [0.25, 0.3) is 0 Å². The van der Waals surface area contributed by atoms with Crippen molar-refractivity contribution in [3.8, 4) is 5.75 Å². The normalized spacial score (nSPS) is 11.3. The van der Waals surface area contributed by atoms with Crippen molar-refractivity contribution in [3.05, 3.63) is 54.1 Å². The van der Waals surface area contributed by atoms with Gasteiger partial charge in [-0.05, 0) is 61.2 Å². The van der Waals surface area contributed by atoms with E-state index in [2.05, 4.69) is 43.5 Å². The van der Waals surface area contributed by atoms with E-state index in [1.54, 1.807) is 0 Å². The second-order valence-electron chi connectivity index (χ2n) is 7.74. The van der Waals surface area contributed by atoms with Crippen LogP contribution in [0.4, 0.5) is 11.4 Å². The Morgan fingerprint density at radius 2 is 1.54 bits per heavy atom. The Bertz CT molecular complexity index is 698. The largest absolute Gasteiger partial charge is 0.491 e. The average molecular weight is 354 g/mol. The summed E-state index contributed by atoms with van der Waals surface area (Å²) in [5, 5.41) is 6.19. The lowest BCUT2D eigenvalue weighted by molar-refractivity contribution is -0.115. The summed E-state index contributed by atoms with van der Waals surface area (Å²) >= 11 is 0. The first-order valence-corrected chi connectivity index (χ1v) is 9.15. The van der Waals surface area contributed by atoms with Gasteiger partial charge in [0.15, 0.2) is 0 Å². The minimum absolute atomic E-state index is 0.000713. The van der Waals surface area contributed by atoms with E-state index < -0.39 is 0 Å². The third-order valence-electron chi connectivity index (χ3n) is 3.94. The van der Waals surface area contributed by atoms with Crippen molar-refractivity contribution in [1.82, 2.24) is 0 Å². The highest BCUT2D eigenvalue weighted by molar-refractivity contribution is 5.91. The molecule has 0 spiro atoms. The predicted octanol–water partition coefficient (Wildman–Crippen LogP) is 5.21. The summed E-state index contributed by atoms with van der Waals surface area (Å²) in [5.41, 5.74) is 3.17. The summed E-state index contributed by atoms with van der Waals surface area (Å²) in [6, 6.07) is 15.8. The molecule has 0 heterocycles. The molecule has 0 bridgehead atoms. The molecule has 0 radical (unpaired) electrons. The van der Waals surface area contributed by atoms with Gasteiger partial charge in [0.2, 0.25) is 5.91 Å². The maximum atomic E-state index is 12.1. The maximum Gasteiger partial charge on any atom is 0.226 e. The van der Waals surface area contributed by atoms with Crippen LogP contribution in [0.1, 0.15) is 46.6 Å². The number of nitrogens with one attached hydrogen (secondary N) is 2. The van der Waals surface area contributed by atoms with Crippen molar-refractivity contribution in [1.29, 1.82) is 0 Å². The number of carbonyl (C=O) groups excluding carboxylic acids is 1. The van der Waals surface area contributed by atoms with Crippen LogP contribution in [0.15, 0.2) is 48.5 Å². The molecular formula is C22H30N2O2. The van der Waals surface area contributed by atoms with Crippen LogP contribution in [0.2, 0.25) is 0 Å². The number of hydrogen-bond donors (Lipinski definition) is 2. The minimum Gasteiger partial charge on any atom is -0.491 e. The summed E-state index contributed by atoms with van der Waals surface area (Å²) in [4.78, 5) is 12.1. The summed E-state index contributed by atoms with van der Waals surface area (Å²) in [7, 11) is 0. The Kier molecular flexibility index (Phi) is 6.67. The summed E-state index contributed by atoms with van der Waals surface area (Å²) in [5.74, 6) is 0.850. The van der Waals surface area contributed by atoms with Crippen molar-refractivity contribution in [2.75, 3.05) is 17.2 Å². The van der Waals surface area contributed by atoms with E-state index in [0.29, 0.717) is 13.0 Å². The molecule has 4 heteroatoms. The Labute approximate surface area is 157 Å². The molecule has 2 rings (SSSR count). The van der Waals surface area contributed by atoms with Gasteiger partial charge in [-0.15, -0.1) is 0 Å². The van der Waals surface area contributed by atoms with E-state index in [0.717, 1.165) is 17.1 Å². The van der Waals surface area contributed by atoms with E-state index >= 15 is 0 Å². The van der Waals surface area contributed by atoms with Gasteiger partial charge < -0.3 is 15.4 Å². The molecule has 2 N–H and O–H groups in total. The Morgan fingerprint density at radius 3 is 2.08 bits per heavy atom. The van der Waals surface area contributed by atoms with Gasteiger partial charge in [0.1, 0.15) is 5.75 Å². The molecule has 0 unspecified atom stereocenters. The third-order valence-corrected chi connectivity index (χ3v) is 3.94. The monoisotopic (exact) mass is 354 g/mol. The Hall–Kier alpha value is -2.49. The van der Waals surface area contributed by atoms with E-state index in [1.165, 1.54) is 5.56 Å². The molecule has 0 aliphatic carbocycles. The molecule has 0 aliphatic heterocycles. The van der Waals surface area contributed by atoms with Crippen LogP contribution in [0, 0.1) is 0 Å². The van der Waals surface area contributed by atoms with E-state index in [4.69, 9.17) is 4.74 Å². The van der Waals surface area contributed by atoms with Crippen molar-refractivity contribution in [3.63, 3.8) is 0 Å². The summed E-state index contributed by atoms with van der Waals surface area (Å²) < 4.78 is 5.62. The first kappa shape index (κ1) is 19.8. The van der Waals surface area contributed by atoms with Crippen LogP contribution >= 0.6 is 0 Å². The number of hydrogen-bond acceptors (Lipinski definition) is 3. The Balaban J connectivity index is 1.76. The molecule has 0 saturated heterocycles. The fraction of sp³-hybridized carbons (Fsp3) is 0.409. The van der Waals surface area contributed by atoms with Crippen LogP contribution in [-0.2, 0) is 10.2 Å². The molecule has 140 valence electrons. The van der Waals surface area contributed by atoms with Gasteiger partial charge in [0.05, 0.1) is 6.10 Å². The lowest BCUT2D eigenvalue weighted by Crippen LogP contribution is -2.16. The summed E-state index contributed by atoms with van der Waals surface area (Å²) in [6.07, 6.45) is 0.570. The minimum atomic E-state index is 0.000713. The number of rotatable bonds is 7. The SMILES string of the molecule is CC(C)Oc1ccc(NCCC(=O)Nc2ccc(C(C)(C)C)cc2)cc1. The number of anilines is 2. The van der Waals surface area contributed by atoms with Gasteiger partial charge in [-0.1, -0.05) is 32.9 Å². The van der Waals surface area contributed by atoms with Gasteiger partial charge in [0, 0.05) is 24.3 Å². The lowest BCUT2D eigenvalue weighted by Gasteiger charge is -2.19. The lowest BCUT2D eigenvalue weighted by atomic mass is 9.87. The smallest absolute Gasteiger partial charge is 0.226 e. The molecule has 0 atom stereocenters. The highest BCUT2D eigenvalue weighted by Crippen LogP contribution is 2.23. The summed E-state index contributed by atoms with van der Waals surface area (Å²) in [6.45, 7) is 11.1. The quantitative estimate of drug-likeness (QED) is 0.717. The molecule has 0 aromatic heterocycles. The first-order chi connectivity index (χ1) is 12.2. The predicted molar refractivity (Wildman–Crippen MR) is 109 cm³/mol. The van der Waals surface area contributed by atoms with E-state index in [-0.39, 0.29) is 17.4 Å². The van der Waals surface area contributed by atoms with Crippen molar-refractivity contribution < 1.29 is 9.53 Å². The fourth-order valence-corrected chi connectivity index (χ4v) is 2.52. The van der Waals surface area contributed by atoms with Crippen molar-refractivity contribution in [2.45, 2.75) is 52.6 Å². The van der Waals surface area contributed by atoms with Crippen molar-refractivity contribution in [2.24, 2.45) is 0 Å². The number of carbonyl (C=O) groups is 1. The van der Waals surface area contributed by atoms with Crippen molar-refractivity contribution >= 4 is 17.3 Å². The maximum absolute atomic E-state index is 12.1. The Morgan fingerprint density at radius 1 is 0.962 bits per heavy atom. The van der Waals surface area contributed by atoms with Gasteiger partial charge in [-0.2, -0.15) is 0 Å². The second kappa shape index (κ2) is 8.75. The molecule has 2 aromatic carbocycles. The zero-order valence-corrected chi connectivity index (χ0v) is 16.4. The molecular weight excluding hydrogens is 324 g/mol. The molecule has 1 amide bonds. The zero-order valence-electron chi connectivity index (χ0n) is 16.4. The highest BCUT2D eigenvalue weighted by atomic mass is 16.5. The third kappa shape index (κ3) is 6.43. The van der Waals surface area contributed by atoms with Gasteiger partial charge in [-0.25, -0.2) is 0 Å². The molecule has 0 saturated carbocycles.